The highest BCUT2D eigenvalue weighted by molar-refractivity contribution is 6.00. The number of fused-ring (bicyclic) bond motifs is 1. The van der Waals surface area contributed by atoms with Crippen LogP contribution in [0.4, 0.5) is 10.6 Å². The van der Waals surface area contributed by atoms with Gasteiger partial charge >= 0.3 is 6.03 Å². The molecule has 0 spiro atoms. The Bertz CT molecular complexity index is 924. The number of aromatic nitrogens is 2. The lowest BCUT2D eigenvalue weighted by molar-refractivity contribution is 0.252. The van der Waals surface area contributed by atoms with Gasteiger partial charge in [-0.2, -0.15) is 0 Å². The number of nitrogens with one attached hydrogen (secondary N) is 2. The molecule has 0 fully saturated rings. The van der Waals surface area contributed by atoms with Gasteiger partial charge in [0.25, 0.3) is 0 Å². The molecular weight excluding hydrogens is 316 g/mol. The van der Waals surface area contributed by atoms with Gasteiger partial charge in [0.15, 0.2) is 0 Å². The van der Waals surface area contributed by atoms with E-state index in [1.54, 1.807) is 19.5 Å². The molecule has 0 aliphatic carbocycles. The number of aryl methyl sites for hydroxylation is 1. The van der Waals surface area contributed by atoms with Crippen molar-refractivity contribution in [1.82, 2.24) is 15.3 Å². The van der Waals surface area contributed by atoms with Crippen molar-refractivity contribution in [2.24, 2.45) is 0 Å². The smallest absolute Gasteiger partial charge is 0.320 e. The molecule has 0 aliphatic heterocycles. The fourth-order valence-electron chi connectivity index (χ4n) is 2.71. The molecule has 6 nitrogen and oxygen atoms in total. The van der Waals surface area contributed by atoms with Gasteiger partial charge in [-0.15, -0.1) is 0 Å². The minimum Gasteiger partial charge on any atom is -0.481 e. The van der Waals surface area contributed by atoms with Crippen LogP contribution in [0.5, 0.6) is 5.88 Å². The van der Waals surface area contributed by atoms with E-state index >= 15 is 0 Å². The van der Waals surface area contributed by atoms with E-state index in [0.29, 0.717) is 18.2 Å². The summed E-state index contributed by atoms with van der Waals surface area (Å²) in [6.45, 7) is 4.46. The van der Waals surface area contributed by atoms with E-state index in [0.717, 1.165) is 27.5 Å². The lowest BCUT2D eigenvalue weighted by atomic mass is 9.97. The quantitative estimate of drug-likeness (QED) is 0.761. The second-order valence-electron chi connectivity index (χ2n) is 5.62. The summed E-state index contributed by atoms with van der Waals surface area (Å²) in [5.74, 6) is 1.06. The Morgan fingerprint density at radius 3 is 2.76 bits per heavy atom. The normalized spacial score (nSPS) is 10.5. The van der Waals surface area contributed by atoms with Crippen LogP contribution in [0.3, 0.4) is 0 Å². The lowest BCUT2D eigenvalue weighted by Gasteiger charge is -2.12. The highest BCUT2D eigenvalue weighted by atomic mass is 16.5. The number of ether oxygens (including phenoxy) is 1. The van der Waals surface area contributed by atoms with Crippen LogP contribution < -0.4 is 15.4 Å². The molecule has 2 amide bonds. The topological polar surface area (TPSA) is 76.1 Å². The monoisotopic (exact) mass is 336 g/mol. The van der Waals surface area contributed by atoms with Crippen LogP contribution in [0.15, 0.2) is 42.7 Å². The number of amides is 2. The largest absolute Gasteiger partial charge is 0.481 e. The second kappa shape index (κ2) is 7.17. The van der Waals surface area contributed by atoms with Crippen molar-refractivity contribution in [3.05, 3.63) is 48.3 Å². The molecule has 0 radical (unpaired) electrons. The number of hydrogen-bond donors (Lipinski definition) is 2. The van der Waals surface area contributed by atoms with Crippen molar-refractivity contribution in [1.29, 1.82) is 0 Å². The number of rotatable bonds is 4. The average molecular weight is 336 g/mol. The Morgan fingerprint density at radius 1 is 1.16 bits per heavy atom. The van der Waals surface area contributed by atoms with Gasteiger partial charge in [0, 0.05) is 30.4 Å². The van der Waals surface area contributed by atoms with Crippen LogP contribution in [0, 0.1) is 6.92 Å². The molecule has 0 bridgehead atoms. The summed E-state index contributed by atoms with van der Waals surface area (Å²) in [7, 11) is 1.59. The number of methoxy groups -OCH3 is 1. The first-order valence-corrected chi connectivity index (χ1v) is 8.07. The van der Waals surface area contributed by atoms with E-state index in [1.165, 1.54) is 0 Å². The molecule has 1 aromatic carbocycles. The lowest BCUT2D eigenvalue weighted by Crippen LogP contribution is -2.28. The summed E-state index contributed by atoms with van der Waals surface area (Å²) >= 11 is 0. The van der Waals surface area contributed by atoms with Gasteiger partial charge in [0.2, 0.25) is 5.88 Å². The molecule has 0 saturated carbocycles. The van der Waals surface area contributed by atoms with Crippen LogP contribution in [0.25, 0.3) is 21.9 Å². The van der Waals surface area contributed by atoms with E-state index < -0.39 is 0 Å². The minimum absolute atomic E-state index is 0.269. The van der Waals surface area contributed by atoms with Crippen molar-refractivity contribution in [3.63, 3.8) is 0 Å². The molecular formula is C19H20N4O2. The molecule has 0 unspecified atom stereocenters. The summed E-state index contributed by atoms with van der Waals surface area (Å²) in [5, 5.41) is 7.50. The molecule has 2 aromatic heterocycles. The summed E-state index contributed by atoms with van der Waals surface area (Å²) in [4.78, 5) is 20.3. The Kier molecular flexibility index (Phi) is 4.79. The van der Waals surface area contributed by atoms with E-state index in [4.69, 9.17) is 4.74 Å². The number of hydrogen-bond acceptors (Lipinski definition) is 4. The van der Waals surface area contributed by atoms with Crippen LogP contribution >= 0.6 is 0 Å². The maximum atomic E-state index is 11.8. The van der Waals surface area contributed by atoms with Gasteiger partial charge in [-0.05, 0) is 48.1 Å². The van der Waals surface area contributed by atoms with Crippen molar-refractivity contribution in [3.8, 4) is 17.0 Å². The van der Waals surface area contributed by atoms with Crippen molar-refractivity contribution < 1.29 is 9.53 Å². The van der Waals surface area contributed by atoms with E-state index in [9.17, 15) is 4.79 Å². The number of benzene rings is 1. The van der Waals surface area contributed by atoms with E-state index in [2.05, 4.69) is 32.7 Å². The molecule has 0 saturated heterocycles. The first-order chi connectivity index (χ1) is 12.1. The Balaban J connectivity index is 2.11. The van der Waals surface area contributed by atoms with Crippen molar-refractivity contribution in [2.75, 3.05) is 19.0 Å². The number of pyridine rings is 2. The number of nitrogens with zero attached hydrogens (tertiary/aromatic N) is 2. The molecule has 0 aliphatic rings. The van der Waals surface area contributed by atoms with Gasteiger partial charge in [-0.3, -0.25) is 5.32 Å². The van der Waals surface area contributed by atoms with Crippen molar-refractivity contribution >= 4 is 22.6 Å². The molecule has 25 heavy (non-hydrogen) atoms. The predicted octanol–water partition coefficient (Wildman–Crippen LogP) is 3.76. The molecule has 128 valence electrons. The van der Waals surface area contributed by atoms with E-state index in [-0.39, 0.29) is 6.03 Å². The number of carbonyl (C=O) groups excluding carboxylic acids is 1. The summed E-state index contributed by atoms with van der Waals surface area (Å²) in [6.07, 6.45) is 3.50. The first-order valence-electron chi connectivity index (χ1n) is 8.07. The first kappa shape index (κ1) is 16.7. The van der Waals surface area contributed by atoms with Crippen molar-refractivity contribution in [2.45, 2.75) is 13.8 Å². The zero-order valence-electron chi connectivity index (χ0n) is 14.5. The second-order valence-corrected chi connectivity index (χ2v) is 5.62. The van der Waals surface area contributed by atoms with Gasteiger partial charge < -0.3 is 10.1 Å². The van der Waals surface area contributed by atoms with E-state index in [1.807, 2.05) is 32.0 Å². The molecule has 3 rings (SSSR count). The van der Waals surface area contributed by atoms with Crippen LogP contribution in [0.1, 0.15) is 12.5 Å². The number of anilines is 1. The highest BCUT2D eigenvalue weighted by Gasteiger charge is 2.10. The minimum atomic E-state index is -0.269. The Morgan fingerprint density at radius 2 is 2.00 bits per heavy atom. The fraction of sp³-hybridized carbons (Fsp3) is 0.211. The average Bonchev–Trinajstić information content (AvgIpc) is 2.62. The highest BCUT2D eigenvalue weighted by Crippen LogP contribution is 2.32. The zero-order chi connectivity index (χ0) is 17.8. The fourth-order valence-corrected chi connectivity index (χ4v) is 2.71. The van der Waals surface area contributed by atoms with Crippen LogP contribution in [0.2, 0.25) is 0 Å². The maximum absolute atomic E-state index is 11.8. The third kappa shape index (κ3) is 3.52. The van der Waals surface area contributed by atoms with Crippen LogP contribution in [-0.4, -0.2) is 29.7 Å². The number of urea groups is 1. The SMILES string of the molecule is CCNC(=O)Nc1cc2c(-c3ccnc(OC)c3)ccc(C)c2cn1. The van der Waals surface area contributed by atoms with Gasteiger partial charge in [-0.25, -0.2) is 14.8 Å². The predicted molar refractivity (Wildman–Crippen MR) is 99.0 cm³/mol. The Labute approximate surface area is 146 Å². The standard InChI is InChI=1S/C19H20N4O2/c1-4-20-19(24)23-17-10-15-14(6-5-12(2)16(15)11-22-17)13-7-8-21-18(9-13)25-3/h5-11H,4H2,1-3H3,(H2,20,22,23,24). The summed E-state index contributed by atoms with van der Waals surface area (Å²) in [5.41, 5.74) is 3.14. The molecule has 2 heterocycles. The molecule has 0 atom stereocenters. The maximum Gasteiger partial charge on any atom is 0.320 e. The Hall–Kier alpha value is -3.15. The van der Waals surface area contributed by atoms with Gasteiger partial charge in [0.05, 0.1) is 7.11 Å². The van der Waals surface area contributed by atoms with Gasteiger partial charge in [0.1, 0.15) is 5.82 Å². The van der Waals surface area contributed by atoms with Gasteiger partial charge in [-0.1, -0.05) is 12.1 Å². The van der Waals surface area contributed by atoms with Crippen LogP contribution in [-0.2, 0) is 0 Å². The third-order valence-electron chi connectivity index (χ3n) is 3.95. The third-order valence-corrected chi connectivity index (χ3v) is 3.95. The number of carbonyl (C=O) groups is 1. The molecule has 2 N–H and O–H groups in total. The zero-order valence-corrected chi connectivity index (χ0v) is 14.5. The molecule has 3 aromatic rings. The molecule has 6 heteroatoms. The summed E-state index contributed by atoms with van der Waals surface area (Å²) in [6, 6.07) is 9.56. The summed E-state index contributed by atoms with van der Waals surface area (Å²) < 4.78 is 5.23.